The Bertz CT molecular complexity index is 297. The molecule has 0 aromatic heterocycles. The fraction of sp³-hybridized carbons (Fsp3) is 0.500. The van der Waals surface area contributed by atoms with E-state index in [9.17, 15) is 18.0 Å². The van der Waals surface area contributed by atoms with E-state index >= 15 is 0 Å². The topological polar surface area (TPSA) is 129 Å². The maximum Gasteiger partial charge on any atom is 1.00 e. The van der Waals surface area contributed by atoms with E-state index < -0.39 is 33.7 Å². The molecule has 84 valence electrons. The van der Waals surface area contributed by atoms with Gasteiger partial charge in [-0.2, -0.15) is 15.3 Å². The van der Waals surface area contributed by atoms with Crippen LogP contribution in [0, 0.1) is 6.92 Å². The number of aliphatic carboxylic acids is 2. The Morgan fingerprint density at radius 2 is 1.60 bits per heavy atom. The summed E-state index contributed by atoms with van der Waals surface area (Å²) < 4.78 is 28.7. The van der Waals surface area contributed by atoms with Gasteiger partial charge in [0.15, 0.2) is 5.25 Å². The quantitative estimate of drug-likeness (QED) is 0.270. The zero-order valence-corrected chi connectivity index (χ0v) is 11.2. The van der Waals surface area contributed by atoms with Crippen LogP contribution >= 0.6 is 0 Å². The first-order valence-corrected chi connectivity index (χ1v) is 4.87. The van der Waals surface area contributed by atoms with Crippen LogP contribution in [0.4, 0.5) is 0 Å². The third kappa shape index (κ3) is 10.1. The van der Waals surface area contributed by atoms with Crippen molar-refractivity contribution in [2.75, 3.05) is 0 Å². The van der Waals surface area contributed by atoms with E-state index in [0.717, 1.165) is 0 Å². The largest absolute Gasteiger partial charge is 1.00 e. The van der Waals surface area contributed by atoms with Gasteiger partial charge in [0, 0.05) is 0 Å². The van der Waals surface area contributed by atoms with E-state index in [1.807, 2.05) is 0 Å². The van der Waals surface area contributed by atoms with Crippen LogP contribution in [0.1, 0.15) is 13.3 Å². The second-order valence-electron chi connectivity index (χ2n) is 1.94. The van der Waals surface area contributed by atoms with Crippen LogP contribution in [-0.4, -0.2) is 40.4 Å². The van der Waals surface area contributed by atoms with Gasteiger partial charge in [0.25, 0.3) is 10.1 Å². The van der Waals surface area contributed by atoms with Crippen molar-refractivity contribution in [2.24, 2.45) is 0 Å². The average Bonchev–Trinajstić information content (AvgIpc) is 2.01. The second kappa shape index (κ2) is 9.10. The number of carboxylic acid groups (broad SMARTS) is 2. The Hall–Kier alpha value is -0.150. The molecule has 0 aliphatic rings. The van der Waals surface area contributed by atoms with Crippen LogP contribution in [-0.2, 0) is 19.7 Å². The Kier molecular flexibility index (Phi) is 12.3. The van der Waals surface area contributed by atoms with Crippen molar-refractivity contribution in [1.82, 2.24) is 0 Å². The van der Waals surface area contributed by atoms with E-state index in [4.69, 9.17) is 14.8 Å². The Labute approximate surface area is 110 Å². The molecule has 0 radical (unpaired) electrons. The summed E-state index contributed by atoms with van der Waals surface area (Å²) in [4.78, 5) is 20.0. The van der Waals surface area contributed by atoms with Crippen LogP contribution in [0.5, 0.6) is 0 Å². The van der Waals surface area contributed by atoms with Crippen molar-refractivity contribution in [2.45, 2.75) is 18.6 Å². The fourth-order valence-electron chi connectivity index (χ4n) is 0.479. The molecule has 0 rings (SSSR count). The summed E-state index contributed by atoms with van der Waals surface area (Å²) in [6, 6.07) is 0. The van der Waals surface area contributed by atoms with Gasteiger partial charge in [-0.15, -0.1) is 0 Å². The predicted molar refractivity (Wildman–Crippen MR) is 46.3 cm³/mol. The zero-order valence-electron chi connectivity index (χ0n) is 8.37. The number of carboxylic acids is 2. The van der Waals surface area contributed by atoms with Crippen LogP contribution < -0.4 is 29.6 Å². The first kappa shape index (κ1) is 20.3. The van der Waals surface area contributed by atoms with Crippen molar-refractivity contribution < 1.29 is 62.3 Å². The zero-order chi connectivity index (χ0) is 11.9. The maximum absolute atomic E-state index is 10.2. The summed E-state index contributed by atoms with van der Waals surface area (Å²) in [5.74, 6) is -3.50. The molecule has 15 heavy (non-hydrogen) atoms. The minimum Gasteiger partial charge on any atom is -0.481 e. The molecule has 0 bridgehead atoms. The summed E-state index contributed by atoms with van der Waals surface area (Å²) in [5, 5.41) is 13.9. The van der Waals surface area contributed by atoms with Gasteiger partial charge in [0.2, 0.25) is 0 Å². The maximum atomic E-state index is 10.2. The monoisotopic (exact) mass is 250 g/mol. The van der Waals surface area contributed by atoms with Crippen LogP contribution in [0.2, 0.25) is 0 Å². The molecule has 0 saturated heterocycles. The Balaban J connectivity index is -0.000000449. The molecule has 9 heteroatoms. The van der Waals surface area contributed by atoms with Crippen LogP contribution in [0.15, 0.2) is 0 Å². The number of hydrogen-bond donors (Lipinski definition) is 3. The second-order valence-corrected chi connectivity index (χ2v) is 3.54. The normalized spacial score (nSPS) is 11.4. The minimum absolute atomic E-state index is 0. The Morgan fingerprint density at radius 1 is 1.27 bits per heavy atom. The van der Waals surface area contributed by atoms with E-state index in [1.54, 1.807) is 6.92 Å². The molecule has 0 saturated carbocycles. The van der Waals surface area contributed by atoms with Crippen molar-refractivity contribution in [3.63, 3.8) is 0 Å². The van der Waals surface area contributed by atoms with Crippen molar-refractivity contribution in [3.8, 4) is 0 Å². The molecule has 3 N–H and O–H groups in total. The van der Waals surface area contributed by atoms with Gasteiger partial charge in [-0.25, -0.2) is 0 Å². The van der Waals surface area contributed by atoms with E-state index in [0.29, 0.717) is 0 Å². The van der Waals surface area contributed by atoms with E-state index in [2.05, 4.69) is 6.92 Å². The van der Waals surface area contributed by atoms with Gasteiger partial charge in [0.05, 0.1) is 6.42 Å². The minimum atomic E-state index is -4.84. The van der Waals surface area contributed by atoms with Crippen LogP contribution in [0.3, 0.4) is 0 Å². The first-order chi connectivity index (χ1) is 6.25. The third-order valence-corrected chi connectivity index (χ3v) is 2.08. The van der Waals surface area contributed by atoms with Crippen molar-refractivity contribution in [1.29, 1.82) is 0 Å². The first-order valence-electron chi connectivity index (χ1n) is 3.36. The molecule has 0 fully saturated rings. The van der Waals surface area contributed by atoms with Gasteiger partial charge in [-0.1, -0.05) is 0 Å². The van der Waals surface area contributed by atoms with Crippen molar-refractivity contribution >= 4 is 22.1 Å². The molecule has 1 atom stereocenters. The predicted octanol–water partition coefficient (Wildman–Crippen LogP) is -3.35. The standard InChI is InChI=1S/C4H6O7S.C2H5.Na/c5-3(6)1-2(4(7)8)12(9,10)11;1-2;/h2H,1H2,(H,5,6)(H,7,8)(H,9,10,11);1H2,2H3;/q;-1;+1. The van der Waals surface area contributed by atoms with Gasteiger partial charge in [-0.05, 0) is 0 Å². The van der Waals surface area contributed by atoms with Gasteiger partial charge >= 0.3 is 41.5 Å². The van der Waals surface area contributed by atoms with Gasteiger partial charge in [-0.3, -0.25) is 14.1 Å². The Morgan fingerprint density at radius 3 is 1.67 bits per heavy atom. The third-order valence-electron chi connectivity index (χ3n) is 0.995. The smallest absolute Gasteiger partial charge is 0.481 e. The molecular formula is C6H11NaO7S. The summed E-state index contributed by atoms with van der Waals surface area (Å²) in [6.07, 6.45) is -1.16. The fourth-order valence-corrected chi connectivity index (χ4v) is 1.09. The number of carbonyl (C=O) groups is 2. The summed E-state index contributed by atoms with van der Waals surface area (Å²) in [5.41, 5.74) is 0. The molecule has 0 spiro atoms. The summed E-state index contributed by atoms with van der Waals surface area (Å²) in [6.45, 7) is 5.00. The molecule has 0 heterocycles. The average molecular weight is 250 g/mol. The van der Waals surface area contributed by atoms with E-state index in [1.165, 1.54) is 0 Å². The molecule has 0 aliphatic carbocycles. The van der Waals surface area contributed by atoms with E-state index in [-0.39, 0.29) is 29.6 Å². The summed E-state index contributed by atoms with van der Waals surface area (Å²) >= 11 is 0. The molecule has 0 amide bonds. The SMILES string of the molecule is O=C(O)CC(C(=O)O)S(=O)(=O)O.[CH2-]C.[Na+]. The molecule has 0 aromatic rings. The molecule has 0 aromatic carbocycles. The molecule has 7 nitrogen and oxygen atoms in total. The number of hydrogen-bond acceptors (Lipinski definition) is 4. The van der Waals surface area contributed by atoms with Gasteiger partial charge < -0.3 is 17.1 Å². The molecular weight excluding hydrogens is 239 g/mol. The summed E-state index contributed by atoms with van der Waals surface area (Å²) in [7, 11) is -4.84. The molecule has 1 unspecified atom stereocenters. The van der Waals surface area contributed by atoms with Gasteiger partial charge in [0.1, 0.15) is 0 Å². The molecule has 0 aliphatic heterocycles. The van der Waals surface area contributed by atoms with Crippen molar-refractivity contribution in [3.05, 3.63) is 6.92 Å². The number of rotatable bonds is 4. The van der Waals surface area contributed by atoms with Crippen LogP contribution in [0.25, 0.3) is 0 Å².